The second-order valence-corrected chi connectivity index (χ2v) is 9.91. The number of ether oxygens (including phenoxy) is 1. The van der Waals surface area contributed by atoms with Crippen molar-refractivity contribution in [2.75, 3.05) is 13.2 Å². The van der Waals surface area contributed by atoms with Crippen molar-refractivity contribution in [3.8, 4) is 11.4 Å². The molecule has 172 valence electrons. The summed E-state index contributed by atoms with van der Waals surface area (Å²) in [6.07, 6.45) is 2.98. The molecule has 0 radical (unpaired) electrons. The van der Waals surface area contributed by atoms with Crippen LogP contribution in [0.5, 0.6) is 0 Å². The number of rotatable bonds is 6. The zero-order chi connectivity index (χ0) is 22.8. The van der Waals surface area contributed by atoms with Crippen molar-refractivity contribution in [1.82, 2.24) is 19.7 Å². The second kappa shape index (κ2) is 9.65. The highest BCUT2D eigenvalue weighted by Gasteiger charge is 2.28. The molecule has 0 aliphatic carbocycles. The molecule has 6 nitrogen and oxygen atoms in total. The van der Waals surface area contributed by atoms with Crippen molar-refractivity contribution >= 4 is 17.7 Å². The minimum atomic E-state index is -0.302. The number of benzene rings is 2. The van der Waals surface area contributed by atoms with Crippen LogP contribution in [0, 0.1) is 5.82 Å². The molecule has 2 unspecified atom stereocenters. The van der Waals surface area contributed by atoms with Crippen molar-refractivity contribution in [1.29, 1.82) is 0 Å². The standard InChI is InChI=1S/C25H27FN4O2S/c1-17(24(31)29-13-12-18-5-2-3-6-20(18)15-29)33-25-28-27-23(19-8-10-21(26)11-9-19)30(25)16-22-7-4-14-32-22/h2-3,5-6,8-11,17,22H,4,7,12-16H2,1H3. The predicted octanol–water partition coefficient (Wildman–Crippen LogP) is 4.33. The van der Waals surface area contributed by atoms with Crippen molar-refractivity contribution in [2.24, 2.45) is 0 Å². The normalized spacial score (nSPS) is 18.8. The molecule has 3 heterocycles. The molecular formula is C25H27FN4O2S. The maximum absolute atomic E-state index is 13.5. The Hall–Kier alpha value is -2.71. The van der Waals surface area contributed by atoms with E-state index in [2.05, 4.69) is 22.3 Å². The highest BCUT2D eigenvalue weighted by molar-refractivity contribution is 8.00. The molecule has 1 amide bonds. The van der Waals surface area contributed by atoms with Crippen molar-refractivity contribution in [3.05, 3.63) is 65.5 Å². The van der Waals surface area contributed by atoms with Gasteiger partial charge >= 0.3 is 0 Å². The molecule has 0 spiro atoms. The average Bonchev–Trinajstić information content (AvgIpc) is 3.49. The zero-order valence-electron chi connectivity index (χ0n) is 18.6. The molecule has 8 heteroatoms. The van der Waals surface area contributed by atoms with Gasteiger partial charge in [-0.1, -0.05) is 36.0 Å². The Morgan fingerprint density at radius 2 is 1.97 bits per heavy atom. The molecule has 2 aliphatic heterocycles. The van der Waals surface area contributed by atoms with Gasteiger partial charge in [0.1, 0.15) is 5.82 Å². The van der Waals surface area contributed by atoms with Gasteiger partial charge in [0.2, 0.25) is 5.91 Å². The number of hydrogen-bond acceptors (Lipinski definition) is 5. The molecule has 2 aliphatic rings. The fourth-order valence-corrected chi connectivity index (χ4v) is 5.44. The minimum absolute atomic E-state index is 0.0872. The van der Waals surface area contributed by atoms with Gasteiger partial charge in [-0.2, -0.15) is 0 Å². The molecule has 0 N–H and O–H groups in total. The molecule has 0 bridgehead atoms. The van der Waals surface area contributed by atoms with E-state index in [0.717, 1.165) is 38.0 Å². The first-order valence-electron chi connectivity index (χ1n) is 11.4. The Kier molecular flexibility index (Phi) is 6.46. The maximum Gasteiger partial charge on any atom is 0.236 e. The Morgan fingerprint density at radius 3 is 2.73 bits per heavy atom. The van der Waals surface area contributed by atoms with Crippen molar-refractivity contribution in [3.63, 3.8) is 0 Å². The van der Waals surface area contributed by atoms with Crippen LogP contribution in [0.25, 0.3) is 11.4 Å². The van der Waals surface area contributed by atoms with Gasteiger partial charge in [0.05, 0.1) is 17.9 Å². The first-order chi connectivity index (χ1) is 16.1. The molecule has 33 heavy (non-hydrogen) atoms. The molecule has 1 fully saturated rings. The lowest BCUT2D eigenvalue weighted by Crippen LogP contribution is -2.40. The lowest BCUT2D eigenvalue weighted by molar-refractivity contribution is -0.131. The molecule has 1 saturated heterocycles. The van der Waals surface area contributed by atoms with E-state index < -0.39 is 0 Å². The van der Waals surface area contributed by atoms with E-state index in [0.29, 0.717) is 24.1 Å². The lowest BCUT2D eigenvalue weighted by Gasteiger charge is -2.30. The van der Waals surface area contributed by atoms with Gasteiger partial charge in [0.15, 0.2) is 11.0 Å². The molecule has 5 rings (SSSR count). The van der Waals surface area contributed by atoms with Crippen LogP contribution in [0.2, 0.25) is 0 Å². The van der Waals surface area contributed by atoms with E-state index in [1.807, 2.05) is 28.5 Å². The summed E-state index contributed by atoms with van der Waals surface area (Å²) >= 11 is 1.42. The van der Waals surface area contributed by atoms with Gasteiger partial charge in [-0.25, -0.2) is 4.39 Å². The van der Waals surface area contributed by atoms with E-state index in [-0.39, 0.29) is 23.1 Å². The van der Waals surface area contributed by atoms with E-state index in [1.54, 1.807) is 12.1 Å². The van der Waals surface area contributed by atoms with Gasteiger partial charge in [-0.05, 0) is 61.6 Å². The number of carbonyl (C=O) groups excluding carboxylic acids is 1. The van der Waals surface area contributed by atoms with Crippen LogP contribution in [-0.2, 0) is 29.0 Å². The van der Waals surface area contributed by atoms with Crippen LogP contribution in [0.15, 0.2) is 53.7 Å². The number of fused-ring (bicyclic) bond motifs is 1. The second-order valence-electron chi connectivity index (χ2n) is 8.60. The molecular weight excluding hydrogens is 439 g/mol. The summed E-state index contributed by atoms with van der Waals surface area (Å²) in [5.41, 5.74) is 3.33. The van der Waals surface area contributed by atoms with E-state index in [9.17, 15) is 9.18 Å². The first-order valence-corrected chi connectivity index (χ1v) is 12.3. The quantitative estimate of drug-likeness (QED) is 0.506. The molecule has 0 saturated carbocycles. The van der Waals surface area contributed by atoms with E-state index in [1.165, 1.54) is 35.0 Å². The number of hydrogen-bond donors (Lipinski definition) is 0. The third-order valence-corrected chi connectivity index (χ3v) is 7.37. The van der Waals surface area contributed by atoms with E-state index >= 15 is 0 Å². The number of nitrogens with zero attached hydrogens (tertiary/aromatic N) is 4. The van der Waals surface area contributed by atoms with Crippen LogP contribution in [0.1, 0.15) is 30.9 Å². The lowest BCUT2D eigenvalue weighted by atomic mass is 10.00. The molecule has 1 aromatic heterocycles. The zero-order valence-corrected chi connectivity index (χ0v) is 19.4. The average molecular weight is 467 g/mol. The minimum Gasteiger partial charge on any atom is -0.376 e. The van der Waals surface area contributed by atoms with Gasteiger partial charge < -0.3 is 9.64 Å². The summed E-state index contributed by atoms with van der Waals surface area (Å²) in [7, 11) is 0. The number of amides is 1. The van der Waals surface area contributed by atoms with Crippen molar-refractivity contribution < 1.29 is 13.9 Å². The number of thioether (sulfide) groups is 1. The van der Waals surface area contributed by atoms with E-state index in [4.69, 9.17) is 4.74 Å². The summed E-state index contributed by atoms with van der Waals surface area (Å²) in [6.45, 7) is 4.66. The van der Waals surface area contributed by atoms with Crippen LogP contribution in [0.4, 0.5) is 4.39 Å². The largest absolute Gasteiger partial charge is 0.376 e. The third-order valence-electron chi connectivity index (χ3n) is 6.30. The summed E-state index contributed by atoms with van der Waals surface area (Å²) in [6, 6.07) is 14.6. The summed E-state index contributed by atoms with van der Waals surface area (Å²) in [4.78, 5) is 15.2. The van der Waals surface area contributed by atoms with Crippen LogP contribution < -0.4 is 0 Å². The fraction of sp³-hybridized carbons (Fsp3) is 0.400. The molecule has 3 aromatic rings. The third kappa shape index (κ3) is 4.82. The topological polar surface area (TPSA) is 60.2 Å². The highest BCUT2D eigenvalue weighted by Crippen LogP contribution is 2.30. The monoisotopic (exact) mass is 466 g/mol. The van der Waals surface area contributed by atoms with Crippen LogP contribution >= 0.6 is 11.8 Å². The summed E-state index contributed by atoms with van der Waals surface area (Å²) in [5.74, 6) is 0.477. The van der Waals surface area contributed by atoms with Gasteiger partial charge in [-0.15, -0.1) is 10.2 Å². The van der Waals surface area contributed by atoms with Gasteiger partial charge in [0.25, 0.3) is 0 Å². The first kappa shape index (κ1) is 22.1. The Bertz CT molecular complexity index is 1130. The molecule has 2 atom stereocenters. The van der Waals surface area contributed by atoms with Crippen LogP contribution in [-0.4, -0.2) is 50.1 Å². The Balaban J connectivity index is 1.35. The number of aromatic nitrogens is 3. The van der Waals surface area contributed by atoms with Crippen molar-refractivity contribution in [2.45, 2.75) is 55.8 Å². The summed E-state index contributed by atoms with van der Waals surface area (Å²) < 4.78 is 21.3. The maximum atomic E-state index is 13.5. The Morgan fingerprint density at radius 1 is 1.18 bits per heavy atom. The van der Waals surface area contributed by atoms with Gasteiger partial charge in [0, 0.05) is 25.3 Å². The molecule has 2 aromatic carbocycles. The SMILES string of the molecule is CC(Sc1nnc(-c2ccc(F)cc2)n1CC1CCCO1)C(=O)N1CCc2ccccc2C1. The Labute approximate surface area is 197 Å². The van der Waals surface area contributed by atoms with Gasteiger partial charge in [-0.3, -0.25) is 9.36 Å². The predicted molar refractivity (Wildman–Crippen MR) is 125 cm³/mol. The van der Waals surface area contributed by atoms with Crippen LogP contribution in [0.3, 0.4) is 0 Å². The smallest absolute Gasteiger partial charge is 0.236 e. The summed E-state index contributed by atoms with van der Waals surface area (Å²) in [5, 5.41) is 9.20. The number of halogens is 1. The fourth-order valence-electron chi connectivity index (χ4n) is 4.49. The highest BCUT2D eigenvalue weighted by atomic mass is 32.2. The number of carbonyl (C=O) groups is 1.